The van der Waals surface area contributed by atoms with Crippen molar-refractivity contribution in [1.29, 1.82) is 0 Å². The van der Waals surface area contributed by atoms with E-state index in [-0.39, 0.29) is 0 Å². The third kappa shape index (κ3) is 37.9. The fourth-order valence-corrected chi connectivity index (χ4v) is 4.15. The third-order valence-corrected chi connectivity index (χ3v) is 6.21. The first-order chi connectivity index (χ1) is 15.5. The minimum atomic E-state index is -2.62. The van der Waals surface area contributed by atoms with Crippen LogP contribution in [0.5, 0.6) is 0 Å². The highest BCUT2D eigenvalue weighted by molar-refractivity contribution is 7.40. The molecule has 0 spiro atoms. The van der Waals surface area contributed by atoms with Crippen molar-refractivity contribution in [2.75, 3.05) is 13.2 Å². The van der Waals surface area contributed by atoms with Crippen molar-refractivity contribution in [2.45, 2.75) is 142 Å². The maximum absolute atomic E-state index is 9.76. The summed E-state index contributed by atoms with van der Waals surface area (Å²) in [5, 5.41) is 0. The van der Waals surface area contributed by atoms with Gasteiger partial charge in [-0.15, -0.1) is 0 Å². The molecule has 0 saturated heterocycles. The number of rotatable bonds is 24. The number of hydrogen-bond donors (Lipinski definition) is 4. The first-order valence-electron chi connectivity index (χ1n) is 13.2. The summed E-state index contributed by atoms with van der Waals surface area (Å²) in [5.74, 6) is 0. The average Bonchev–Trinajstić information content (AvgIpc) is 2.75. The predicted molar refractivity (Wildman–Crippen MR) is 138 cm³/mol. The summed E-state index contributed by atoms with van der Waals surface area (Å²) < 4.78 is 10.8. The van der Waals surface area contributed by atoms with Gasteiger partial charge in [-0.3, -0.25) is 0 Å². The Balaban J connectivity index is 0. The molecule has 0 aliphatic carbocycles. The van der Waals surface area contributed by atoms with Gasteiger partial charge in [0.25, 0.3) is 0 Å². The van der Waals surface area contributed by atoms with Crippen LogP contribution in [0.2, 0.25) is 0 Å². The zero-order chi connectivity index (χ0) is 24.1. The van der Waals surface area contributed by atoms with E-state index >= 15 is 0 Å². The van der Waals surface area contributed by atoms with Gasteiger partial charge in [0.1, 0.15) is 0 Å². The highest BCUT2D eigenvalue weighted by atomic mass is 31.2. The molecule has 0 heterocycles. The van der Waals surface area contributed by atoms with Crippen LogP contribution in [0.1, 0.15) is 142 Å². The zero-order valence-electron chi connectivity index (χ0n) is 21.1. The van der Waals surface area contributed by atoms with Gasteiger partial charge >= 0.3 is 17.2 Å². The number of hydrogen-bond acceptors (Lipinski definition) is 6. The highest BCUT2D eigenvalue weighted by Gasteiger charge is 2.05. The lowest BCUT2D eigenvalue weighted by Crippen LogP contribution is -1.95. The number of unbranched alkanes of at least 4 members (excludes halogenated alkanes) is 18. The van der Waals surface area contributed by atoms with E-state index < -0.39 is 17.2 Å². The van der Waals surface area contributed by atoms with Gasteiger partial charge in [-0.2, -0.15) is 0 Å². The van der Waals surface area contributed by atoms with E-state index in [1.807, 2.05) is 0 Å². The van der Waals surface area contributed by atoms with Crippen molar-refractivity contribution in [3.05, 3.63) is 0 Å². The topological polar surface area (TPSA) is 99.4 Å². The first kappa shape index (κ1) is 34.8. The highest BCUT2D eigenvalue weighted by Crippen LogP contribution is 2.33. The smallest absolute Gasteiger partial charge is 0.328 e. The maximum Gasteiger partial charge on any atom is 0.329 e. The third-order valence-electron chi connectivity index (χ3n) is 5.40. The minimum absolute atomic E-state index is 0.636. The van der Waals surface area contributed by atoms with Gasteiger partial charge in [-0.05, 0) is 12.8 Å². The van der Waals surface area contributed by atoms with Crippen LogP contribution in [0.3, 0.4) is 0 Å². The quantitative estimate of drug-likeness (QED) is 0.0786. The van der Waals surface area contributed by atoms with Gasteiger partial charge in [0.2, 0.25) is 0 Å². The van der Waals surface area contributed by atoms with E-state index in [2.05, 4.69) is 13.8 Å². The first-order valence-corrected chi connectivity index (χ1v) is 15.5. The van der Waals surface area contributed by atoms with Crippen LogP contribution in [0.25, 0.3) is 0 Å². The standard InChI is InChI=1S/C24H51O3P.H3O3P/c1-3-5-7-9-11-13-15-17-19-21-23-26-28(25)27-24-22-20-18-16-14-12-10-8-6-4-2;1-4(2)3/h25H,3-24H2,1-2H3;1-3H. The van der Waals surface area contributed by atoms with Crippen molar-refractivity contribution >= 4 is 17.2 Å². The second-order valence-electron chi connectivity index (χ2n) is 8.54. The van der Waals surface area contributed by atoms with Crippen LogP contribution < -0.4 is 0 Å². The van der Waals surface area contributed by atoms with Gasteiger partial charge in [0, 0.05) is 0 Å². The normalized spacial score (nSPS) is 11.2. The van der Waals surface area contributed by atoms with Crippen LogP contribution in [0.15, 0.2) is 0 Å². The predicted octanol–water partition coefficient (Wildman–Crippen LogP) is 8.27. The fraction of sp³-hybridized carbons (Fsp3) is 1.00. The minimum Gasteiger partial charge on any atom is -0.328 e. The maximum atomic E-state index is 9.76. The van der Waals surface area contributed by atoms with Gasteiger partial charge < -0.3 is 28.6 Å². The van der Waals surface area contributed by atoms with E-state index in [1.54, 1.807) is 0 Å². The van der Waals surface area contributed by atoms with Crippen molar-refractivity contribution in [3.8, 4) is 0 Å². The summed E-state index contributed by atoms with van der Waals surface area (Å²) in [6.45, 7) is 5.81. The molecular weight excluding hydrogens is 446 g/mol. The molecule has 0 aromatic heterocycles. The van der Waals surface area contributed by atoms with E-state index in [1.165, 1.54) is 116 Å². The molecule has 8 heteroatoms. The lowest BCUT2D eigenvalue weighted by Gasteiger charge is -2.10. The molecule has 4 N–H and O–H groups in total. The van der Waals surface area contributed by atoms with Crippen LogP contribution >= 0.6 is 17.2 Å². The van der Waals surface area contributed by atoms with E-state index in [0.29, 0.717) is 13.2 Å². The summed E-state index contributed by atoms with van der Waals surface area (Å²) in [6.07, 6.45) is 26.4. The molecule has 0 atom stereocenters. The van der Waals surface area contributed by atoms with Gasteiger partial charge in [0.05, 0.1) is 13.2 Å². The summed E-state index contributed by atoms with van der Waals surface area (Å²) in [5.41, 5.74) is 0. The molecule has 0 rings (SSSR count). The Hall–Kier alpha value is 0.620. The SMILES string of the molecule is CCCCCCCCCCCCOP(O)OCCCCCCCCCCCC.OP(O)O. The van der Waals surface area contributed by atoms with Gasteiger partial charge in [0.15, 0.2) is 0 Å². The Morgan fingerprint density at radius 2 is 0.625 bits per heavy atom. The molecule has 196 valence electrons. The molecule has 0 aromatic rings. The second kappa shape index (κ2) is 31.6. The summed E-state index contributed by atoms with van der Waals surface area (Å²) in [4.78, 5) is 31.5. The molecule has 0 bridgehead atoms. The van der Waals surface area contributed by atoms with Crippen LogP contribution in [-0.4, -0.2) is 32.8 Å². The molecule has 0 radical (unpaired) electrons. The molecule has 0 unspecified atom stereocenters. The van der Waals surface area contributed by atoms with Crippen molar-refractivity contribution in [2.24, 2.45) is 0 Å². The van der Waals surface area contributed by atoms with E-state index in [9.17, 15) is 4.89 Å². The molecule has 0 aliphatic heterocycles. The molecule has 0 fully saturated rings. The second-order valence-corrected chi connectivity index (χ2v) is 10.1. The molecule has 32 heavy (non-hydrogen) atoms. The molecule has 0 saturated carbocycles. The van der Waals surface area contributed by atoms with E-state index in [4.69, 9.17) is 23.7 Å². The monoisotopic (exact) mass is 500 g/mol. The molecule has 6 nitrogen and oxygen atoms in total. The lowest BCUT2D eigenvalue weighted by atomic mass is 10.1. The van der Waals surface area contributed by atoms with E-state index in [0.717, 1.165) is 12.8 Å². The Labute approximate surface area is 201 Å². The molecule has 0 amide bonds. The van der Waals surface area contributed by atoms with Crippen LogP contribution in [-0.2, 0) is 9.05 Å². The molecular formula is C24H54O6P2. The molecule has 0 aliphatic rings. The Morgan fingerprint density at radius 3 is 0.875 bits per heavy atom. The molecule has 0 aromatic carbocycles. The van der Waals surface area contributed by atoms with Crippen molar-refractivity contribution in [1.82, 2.24) is 0 Å². The summed E-state index contributed by atoms with van der Waals surface area (Å²) in [7, 11) is -4.27. The van der Waals surface area contributed by atoms with Crippen molar-refractivity contribution < 1.29 is 28.6 Å². The average molecular weight is 501 g/mol. The van der Waals surface area contributed by atoms with Gasteiger partial charge in [-0.25, -0.2) is 0 Å². The van der Waals surface area contributed by atoms with Crippen LogP contribution in [0.4, 0.5) is 0 Å². The van der Waals surface area contributed by atoms with Crippen molar-refractivity contribution in [3.63, 3.8) is 0 Å². The Morgan fingerprint density at radius 1 is 0.406 bits per heavy atom. The summed E-state index contributed by atoms with van der Waals surface area (Å²) in [6, 6.07) is 0. The van der Waals surface area contributed by atoms with Gasteiger partial charge in [-0.1, -0.05) is 129 Å². The zero-order valence-corrected chi connectivity index (χ0v) is 22.8. The Bertz CT molecular complexity index is 296. The Kier molecular flexibility index (Phi) is 34.4. The summed E-state index contributed by atoms with van der Waals surface area (Å²) >= 11 is 0. The largest absolute Gasteiger partial charge is 0.329 e. The lowest BCUT2D eigenvalue weighted by molar-refractivity contribution is 0.193. The fourth-order valence-electron chi connectivity index (χ4n) is 3.50. The van der Waals surface area contributed by atoms with Crippen LogP contribution in [0, 0.1) is 0 Å².